The van der Waals surface area contributed by atoms with Gasteiger partial charge in [-0.15, -0.1) is 0 Å². The highest BCUT2D eigenvalue weighted by atomic mass is 16.3. The van der Waals surface area contributed by atoms with Gasteiger partial charge in [-0.25, -0.2) is 9.97 Å². The summed E-state index contributed by atoms with van der Waals surface area (Å²) in [4.78, 5) is 11.6. The van der Waals surface area contributed by atoms with Gasteiger partial charge in [-0.3, -0.25) is 0 Å². The molecule has 2 aromatic rings. The van der Waals surface area contributed by atoms with Crippen LogP contribution in [0.5, 0.6) is 0 Å². The van der Waals surface area contributed by atoms with Gasteiger partial charge in [0.2, 0.25) is 0 Å². The number of hydrogen-bond donors (Lipinski definition) is 1. The number of pyridine rings is 1. The Morgan fingerprint density at radius 1 is 1.21 bits per heavy atom. The van der Waals surface area contributed by atoms with Gasteiger partial charge in [-0.05, 0) is 50.7 Å². The van der Waals surface area contributed by atoms with Crippen molar-refractivity contribution in [1.29, 1.82) is 0 Å². The van der Waals surface area contributed by atoms with Gasteiger partial charge in [-0.2, -0.15) is 0 Å². The van der Waals surface area contributed by atoms with Gasteiger partial charge in [0.05, 0.1) is 11.8 Å². The largest absolute Gasteiger partial charge is 0.387 e. The zero-order chi connectivity index (χ0) is 16.5. The van der Waals surface area contributed by atoms with Crippen LogP contribution in [-0.2, 0) is 6.54 Å². The summed E-state index contributed by atoms with van der Waals surface area (Å²) < 4.78 is 2.38. The van der Waals surface area contributed by atoms with Crippen LogP contribution in [0.4, 0.5) is 5.82 Å². The number of imidazole rings is 1. The summed E-state index contributed by atoms with van der Waals surface area (Å²) in [6.45, 7) is 4.90. The lowest BCUT2D eigenvalue weighted by atomic mass is 9.95. The third-order valence-electron chi connectivity index (χ3n) is 5.27. The molecule has 0 radical (unpaired) electrons. The van der Waals surface area contributed by atoms with Gasteiger partial charge in [0.25, 0.3) is 0 Å². The van der Waals surface area contributed by atoms with Crippen LogP contribution >= 0.6 is 0 Å². The minimum absolute atomic E-state index is 0.516. The van der Waals surface area contributed by atoms with E-state index in [0.717, 1.165) is 49.9 Å². The minimum Gasteiger partial charge on any atom is -0.387 e. The highest BCUT2D eigenvalue weighted by Crippen LogP contribution is 2.34. The Kier molecular flexibility index (Phi) is 4.27. The Bertz CT molecular complexity index is 684. The fraction of sp³-hybridized carbons (Fsp3) is 0.579. The van der Waals surface area contributed by atoms with Crippen LogP contribution in [0.1, 0.15) is 56.1 Å². The third-order valence-corrected chi connectivity index (χ3v) is 5.27. The topological polar surface area (TPSA) is 54.2 Å². The van der Waals surface area contributed by atoms with Gasteiger partial charge >= 0.3 is 0 Å². The van der Waals surface area contributed by atoms with Crippen molar-refractivity contribution in [1.82, 2.24) is 14.5 Å². The molecule has 128 valence electrons. The number of aliphatic hydroxyl groups excluding tert-OH is 1. The van der Waals surface area contributed by atoms with Crippen LogP contribution in [0.3, 0.4) is 0 Å². The molecule has 2 fully saturated rings. The van der Waals surface area contributed by atoms with E-state index in [0.29, 0.717) is 5.92 Å². The van der Waals surface area contributed by atoms with Crippen LogP contribution < -0.4 is 4.90 Å². The lowest BCUT2D eigenvalue weighted by molar-refractivity contribution is 0.194. The zero-order valence-corrected chi connectivity index (χ0v) is 14.3. The van der Waals surface area contributed by atoms with Crippen molar-refractivity contribution in [2.75, 3.05) is 18.0 Å². The first-order chi connectivity index (χ1) is 11.7. The van der Waals surface area contributed by atoms with Gasteiger partial charge in [0.15, 0.2) is 0 Å². The first kappa shape index (κ1) is 15.6. The molecule has 0 amide bonds. The van der Waals surface area contributed by atoms with Crippen molar-refractivity contribution in [3.05, 3.63) is 42.1 Å². The first-order valence-electron chi connectivity index (χ1n) is 9.11. The molecule has 0 bridgehead atoms. The van der Waals surface area contributed by atoms with E-state index in [-0.39, 0.29) is 0 Å². The third kappa shape index (κ3) is 3.31. The molecule has 1 saturated heterocycles. The molecule has 2 aromatic heterocycles. The molecular formula is C19H26N4O. The van der Waals surface area contributed by atoms with Crippen LogP contribution in [0, 0.1) is 5.92 Å². The molecule has 5 heteroatoms. The minimum atomic E-state index is -0.516. The SMILES string of the molecule is CC(O)c1cccc(N2CCC(c3nccn3CC3CC3)CC2)n1. The van der Waals surface area contributed by atoms with Crippen molar-refractivity contribution in [2.45, 2.75) is 51.2 Å². The van der Waals surface area contributed by atoms with Crippen LogP contribution in [-0.4, -0.2) is 32.7 Å². The standard InChI is InChI=1S/C19H26N4O/c1-14(24)17-3-2-4-18(21-17)22-10-7-16(8-11-22)19-20-9-12-23(19)13-15-5-6-15/h2-4,9,12,14-16,24H,5-8,10-11,13H2,1H3. The molecule has 1 atom stereocenters. The van der Waals surface area contributed by atoms with E-state index in [9.17, 15) is 5.11 Å². The number of rotatable bonds is 5. The number of anilines is 1. The Hall–Kier alpha value is -1.88. The number of piperidine rings is 1. The highest BCUT2D eigenvalue weighted by molar-refractivity contribution is 5.40. The first-order valence-corrected chi connectivity index (χ1v) is 9.11. The van der Waals surface area contributed by atoms with Crippen LogP contribution in [0.25, 0.3) is 0 Å². The summed E-state index contributed by atoms with van der Waals surface area (Å²) in [5.41, 5.74) is 0.745. The van der Waals surface area contributed by atoms with E-state index in [1.807, 2.05) is 24.4 Å². The maximum atomic E-state index is 9.73. The highest BCUT2D eigenvalue weighted by Gasteiger charge is 2.27. The number of hydrogen-bond acceptors (Lipinski definition) is 4. The molecule has 0 aromatic carbocycles. The Morgan fingerprint density at radius 2 is 2.00 bits per heavy atom. The Morgan fingerprint density at radius 3 is 2.71 bits per heavy atom. The van der Waals surface area contributed by atoms with Gasteiger partial charge in [-0.1, -0.05) is 6.07 Å². The normalized spacial score (nSPS) is 20.3. The van der Waals surface area contributed by atoms with Gasteiger partial charge in [0.1, 0.15) is 11.6 Å². The second kappa shape index (κ2) is 6.55. The van der Waals surface area contributed by atoms with E-state index >= 15 is 0 Å². The maximum absolute atomic E-state index is 9.73. The van der Waals surface area contributed by atoms with E-state index < -0.39 is 6.10 Å². The molecule has 1 N–H and O–H groups in total. The lowest BCUT2D eigenvalue weighted by Gasteiger charge is -2.33. The molecule has 1 aliphatic heterocycles. The summed E-state index contributed by atoms with van der Waals surface area (Å²) in [6, 6.07) is 5.91. The number of aliphatic hydroxyl groups is 1. The van der Waals surface area contributed by atoms with Crippen molar-refractivity contribution in [3.63, 3.8) is 0 Å². The van der Waals surface area contributed by atoms with E-state index in [4.69, 9.17) is 0 Å². The lowest BCUT2D eigenvalue weighted by Crippen LogP contribution is -2.34. The molecule has 0 spiro atoms. The number of nitrogens with zero attached hydrogens (tertiary/aromatic N) is 4. The second-order valence-electron chi connectivity index (χ2n) is 7.24. The molecule has 1 unspecified atom stereocenters. The molecule has 1 aliphatic carbocycles. The quantitative estimate of drug-likeness (QED) is 0.917. The predicted octanol–water partition coefficient (Wildman–Crippen LogP) is 3.13. The van der Waals surface area contributed by atoms with Crippen molar-refractivity contribution >= 4 is 5.82 Å². The van der Waals surface area contributed by atoms with Crippen LogP contribution in [0.2, 0.25) is 0 Å². The smallest absolute Gasteiger partial charge is 0.128 e. The summed E-state index contributed by atoms with van der Waals surface area (Å²) in [5.74, 6) is 3.68. The molecule has 1 saturated carbocycles. The van der Waals surface area contributed by atoms with Crippen molar-refractivity contribution in [2.24, 2.45) is 5.92 Å². The Balaban J connectivity index is 1.41. The summed E-state index contributed by atoms with van der Waals surface area (Å²) in [6.07, 6.45) is 8.57. The summed E-state index contributed by atoms with van der Waals surface area (Å²) in [7, 11) is 0. The molecule has 5 nitrogen and oxygen atoms in total. The summed E-state index contributed by atoms with van der Waals surface area (Å²) >= 11 is 0. The molecule has 3 heterocycles. The average Bonchev–Trinajstić information content (AvgIpc) is 3.30. The molecular weight excluding hydrogens is 300 g/mol. The molecule has 2 aliphatic rings. The van der Waals surface area contributed by atoms with Crippen molar-refractivity contribution in [3.8, 4) is 0 Å². The summed E-state index contributed by atoms with van der Waals surface area (Å²) in [5, 5.41) is 9.73. The van der Waals surface area contributed by atoms with Gasteiger partial charge < -0.3 is 14.6 Å². The maximum Gasteiger partial charge on any atom is 0.128 e. The zero-order valence-electron chi connectivity index (χ0n) is 14.3. The van der Waals surface area contributed by atoms with E-state index in [2.05, 4.69) is 25.6 Å². The van der Waals surface area contributed by atoms with Crippen LogP contribution in [0.15, 0.2) is 30.6 Å². The number of aromatic nitrogens is 3. The molecule has 24 heavy (non-hydrogen) atoms. The fourth-order valence-electron chi connectivity index (χ4n) is 3.63. The second-order valence-corrected chi connectivity index (χ2v) is 7.24. The predicted molar refractivity (Wildman–Crippen MR) is 94.0 cm³/mol. The monoisotopic (exact) mass is 326 g/mol. The van der Waals surface area contributed by atoms with Gasteiger partial charge in [0, 0.05) is 37.9 Å². The van der Waals surface area contributed by atoms with E-state index in [1.54, 1.807) is 6.92 Å². The van der Waals surface area contributed by atoms with E-state index in [1.165, 1.54) is 18.7 Å². The Labute approximate surface area is 143 Å². The fourth-order valence-corrected chi connectivity index (χ4v) is 3.63. The average molecular weight is 326 g/mol. The van der Waals surface area contributed by atoms with Crippen molar-refractivity contribution < 1.29 is 5.11 Å². The molecule has 4 rings (SSSR count).